The Kier molecular flexibility index (Phi) is 6.96. The molecule has 0 bridgehead atoms. The Morgan fingerprint density at radius 3 is 2.32 bits per heavy atom. The largest absolute Gasteiger partial charge is 0.363 e. The molecule has 10 nitrogen and oxygen atoms in total. The molecule has 0 aliphatic carbocycles. The van der Waals surface area contributed by atoms with E-state index in [0.717, 1.165) is 16.3 Å². The van der Waals surface area contributed by atoms with E-state index < -0.39 is 15.8 Å². The van der Waals surface area contributed by atoms with Crippen LogP contribution < -0.4 is 10.2 Å². The van der Waals surface area contributed by atoms with E-state index in [1.165, 1.54) is 12.1 Å². The van der Waals surface area contributed by atoms with Crippen molar-refractivity contribution in [3.05, 3.63) is 116 Å². The van der Waals surface area contributed by atoms with Gasteiger partial charge in [0.15, 0.2) is 0 Å². The molecule has 1 aliphatic heterocycles. The van der Waals surface area contributed by atoms with Crippen molar-refractivity contribution in [2.45, 2.75) is 6.54 Å². The van der Waals surface area contributed by atoms with Crippen LogP contribution in [0.1, 0.15) is 15.9 Å². The zero-order chi connectivity index (χ0) is 26.6. The van der Waals surface area contributed by atoms with Gasteiger partial charge < -0.3 is 10.2 Å². The molecule has 0 unspecified atom stereocenters. The maximum absolute atomic E-state index is 13.0. The molecular weight excluding hydrogens is 486 g/mol. The Balaban J connectivity index is 1.28. The fraction of sp³-hybridized carbons (Fsp3) is 0.179. The van der Waals surface area contributed by atoms with Crippen LogP contribution in [-0.2, 0) is 6.54 Å². The van der Waals surface area contributed by atoms with Crippen LogP contribution in [0.5, 0.6) is 0 Å². The van der Waals surface area contributed by atoms with Crippen LogP contribution >= 0.6 is 0 Å². The van der Waals surface area contributed by atoms with Crippen molar-refractivity contribution in [3.63, 3.8) is 0 Å². The first-order valence-corrected chi connectivity index (χ1v) is 12.2. The Morgan fingerprint density at radius 1 is 0.816 bits per heavy atom. The summed E-state index contributed by atoms with van der Waals surface area (Å²) in [5.41, 5.74) is 2.09. The van der Waals surface area contributed by atoms with Crippen LogP contribution in [-0.4, -0.2) is 46.8 Å². The van der Waals surface area contributed by atoms with Gasteiger partial charge in [0.2, 0.25) is 0 Å². The lowest BCUT2D eigenvalue weighted by molar-refractivity contribution is -0.385. The van der Waals surface area contributed by atoms with E-state index in [4.69, 9.17) is 0 Å². The average Bonchev–Trinajstić information content (AvgIpc) is 2.93. The van der Waals surface area contributed by atoms with Gasteiger partial charge in [0.25, 0.3) is 17.3 Å². The second-order valence-corrected chi connectivity index (χ2v) is 9.13. The van der Waals surface area contributed by atoms with Crippen molar-refractivity contribution in [3.8, 4) is 0 Å². The Hall–Kier alpha value is -4.83. The van der Waals surface area contributed by atoms with Gasteiger partial charge in [0.05, 0.1) is 9.85 Å². The molecule has 1 amide bonds. The van der Waals surface area contributed by atoms with Gasteiger partial charge in [-0.25, -0.2) is 0 Å². The van der Waals surface area contributed by atoms with E-state index in [9.17, 15) is 25.0 Å². The number of nitrogens with zero attached hydrogens (tertiary/aromatic N) is 4. The van der Waals surface area contributed by atoms with Crippen molar-refractivity contribution >= 4 is 39.4 Å². The zero-order valence-corrected chi connectivity index (χ0v) is 20.4. The molecule has 4 aromatic rings. The van der Waals surface area contributed by atoms with E-state index in [-0.39, 0.29) is 16.9 Å². The molecule has 10 heteroatoms. The number of nitro groups is 2. The SMILES string of the molecule is O=C(Nc1cccc2ccccc12)c1ccc(N2CCN(Cc3cccc([N+](=O)[O-])c3)CC2)c([N+](=O)[O-])c1. The molecule has 1 N–H and O–H groups in total. The molecule has 5 rings (SSSR count). The number of nitrogens with one attached hydrogen (secondary N) is 1. The highest BCUT2D eigenvalue weighted by molar-refractivity contribution is 6.09. The molecule has 38 heavy (non-hydrogen) atoms. The second-order valence-electron chi connectivity index (χ2n) is 9.13. The summed E-state index contributed by atoms with van der Waals surface area (Å²) in [6.45, 7) is 2.95. The van der Waals surface area contributed by atoms with Crippen LogP contribution in [0.15, 0.2) is 84.9 Å². The Labute approximate surface area is 218 Å². The number of carbonyl (C=O) groups is 1. The fourth-order valence-electron chi connectivity index (χ4n) is 4.78. The lowest BCUT2D eigenvalue weighted by Crippen LogP contribution is -2.46. The zero-order valence-electron chi connectivity index (χ0n) is 20.4. The van der Waals surface area contributed by atoms with Gasteiger partial charge in [-0.15, -0.1) is 0 Å². The summed E-state index contributed by atoms with van der Waals surface area (Å²) in [4.78, 5) is 39.2. The van der Waals surface area contributed by atoms with Gasteiger partial charge in [-0.05, 0) is 29.1 Å². The maximum atomic E-state index is 13.0. The van der Waals surface area contributed by atoms with Crippen LogP contribution in [0, 0.1) is 20.2 Å². The predicted molar refractivity (Wildman–Crippen MR) is 146 cm³/mol. The normalized spacial score (nSPS) is 13.8. The molecule has 1 aliphatic rings. The number of benzene rings is 4. The predicted octanol–water partition coefficient (Wildman–Crippen LogP) is 5.23. The highest BCUT2D eigenvalue weighted by atomic mass is 16.6. The summed E-state index contributed by atoms with van der Waals surface area (Å²) in [5.74, 6) is -0.419. The number of fused-ring (bicyclic) bond motifs is 1. The summed E-state index contributed by atoms with van der Waals surface area (Å²) in [6, 6.07) is 24.4. The number of rotatable bonds is 7. The minimum Gasteiger partial charge on any atom is -0.363 e. The Bertz CT molecular complexity index is 1530. The van der Waals surface area contributed by atoms with Gasteiger partial charge in [-0.1, -0.05) is 48.5 Å². The number of nitro benzene ring substituents is 2. The molecular formula is C28H25N5O5. The van der Waals surface area contributed by atoms with E-state index >= 15 is 0 Å². The van der Waals surface area contributed by atoms with Crippen LogP contribution in [0.25, 0.3) is 10.8 Å². The lowest BCUT2D eigenvalue weighted by Gasteiger charge is -2.35. The Morgan fingerprint density at radius 2 is 1.55 bits per heavy atom. The smallest absolute Gasteiger partial charge is 0.293 e. The summed E-state index contributed by atoms with van der Waals surface area (Å²) in [5, 5.41) is 27.7. The lowest BCUT2D eigenvalue weighted by atomic mass is 10.1. The van der Waals surface area contributed by atoms with Crippen molar-refractivity contribution in [2.75, 3.05) is 36.4 Å². The summed E-state index contributed by atoms with van der Waals surface area (Å²) in [7, 11) is 0. The molecule has 0 atom stereocenters. The quantitative estimate of drug-likeness (QED) is 0.266. The van der Waals surface area contributed by atoms with E-state index in [1.807, 2.05) is 47.4 Å². The van der Waals surface area contributed by atoms with E-state index in [1.54, 1.807) is 30.3 Å². The average molecular weight is 512 g/mol. The summed E-state index contributed by atoms with van der Waals surface area (Å²) in [6.07, 6.45) is 0. The number of hydrogen-bond donors (Lipinski definition) is 1. The second kappa shape index (κ2) is 10.7. The molecule has 0 saturated carbocycles. The molecule has 1 saturated heterocycles. The minimum atomic E-state index is -0.459. The number of non-ortho nitro benzene ring substituents is 1. The standard InChI is InChI=1S/C28H25N5O5/c34-28(29-25-10-4-7-21-6-1-2-9-24(21)25)22-11-12-26(27(18-22)33(37)38)31-15-13-30(14-16-31)19-20-5-3-8-23(17-20)32(35)36/h1-12,17-18H,13-16,19H2,(H,29,34). The summed E-state index contributed by atoms with van der Waals surface area (Å²) < 4.78 is 0. The van der Waals surface area contributed by atoms with Crippen molar-refractivity contribution in [2.24, 2.45) is 0 Å². The highest BCUT2D eigenvalue weighted by Crippen LogP contribution is 2.31. The molecule has 0 spiro atoms. The first-order chi connectivity index (χ1) is 18.4. The monoisotopic (exact) mass is 511 g/mol. The van der Waals surface area contributed by atoms with Gasteiger partial charge >= 0.3 is 0 Å². The van der Waals surface area contributed by atoms with Crippen LogP contribution in [0.3, 0.4) is 0 Å². The fourth-order valence-corrected chi connectivity index (χ4v) is 4.78. The van der Waals surface area contributed by atoms with Gasteiger partial charge in [-0.2, -0.15) is 0 Å². The van der Waals surface area contributed by atoms with Crippen LogP contribution in [0.4, 0.5) is 22.7 Å². The van der Waals surface area contributed by atoms with Crippen molar-refractivity contribution in [1.29, 1.82) is 0 Å². The van der Waals surface area contributed by atoms with E-state index in [2.05, 4.69) is 10.2 Å². The first-order valence-electron chi connectivity index (χ1n) is 12.2. The molecule has 192 valence electrons. The number of amides is 1. The molecule has 1 fully saturated rings. The van der Waals surface area contributed by atoms with Crippen molar-refractivity contribution < 1.29 is 14.6 Å². The molecule has 4 aromatic carbocycles. The van der Waals surface area contributed by atoms with Crippen molar-refractivity contribution in [1.82, 2.24) is 4.90 Å². The van der Waals surface area contributed by atoms with E-state index in [0.29, 0.717) is 44.1 Å². The van der Waals surface area contributed by atoms with Gasteiger partial charge in [0, 0.05) is 67.6 Å². The first kappa shape index (κ1) is 24.8. The van der Waals surface area contributed by atoms with Gasteiger partial charge in [0.1, 0.15) is 5.69 Å². The number of piperazine rings is 1. The maximum Gasteiger partial charge on any atom is 0.293 e. The summed E-state index contributed by atoms with van der Waals surface area (Å²) >= 11 is 0. The third-order valence-electron chi connectivity index (χ3n) is 6.71. The third kappa shape index (κ3) is 5.30. The number of hydrogen-bond acceptors (Lipinski definition) is 7. The van der Waals surface area contributed by atoms with Gasteiger partial charge in [-0.3, -0.25) is 29.9 Å². The molecule has 1 heterocycles. The molecule has 0 radical (unpaired) electrons. The third-order valence-corrected chi connectivity index (χ3v) is 6.71. The number of anilines is 2. The molecule has 0 aromatic heterocycles. The topological polar surface area (TPSA) is 122 Å². The minimum absolute atomic E-state index is 0.0568. The number of carbonyl (C=O) groups excluding carboxylic acids is 1. The van der Waals surface area contributed by atoms with Crippen LogP contribution in [0.2, 0.25) is 0 Å². The highest BCUT2D eigenvalue weighted by Gasteiger charge is 2.25.